The zero-order valence-corrected chi connectivity index (χ0v) is 16.7. The van der Waals surface area contributed by atoms with Crippen LogP contribution < -0.4 is 15.4 Å². The Morgan fingerprint density at radius 2 is 1.83 bits per heavy atom. The van der Waals surface area contributed by atoms with Crippen molar-refractivity contribution in [2.24, 2.45) is 0 Å². The molecule has 0 fully saturated rings. The van der Waals surface area contributed by atoms with Gasteiger partial charge in [-0.25, -0.2) is 4.98 Å². The number of rotatable bonds is 6. The van der Waals surface area contributed by atoms with E-state index in [4.69, 9.17) is 4.74 Å². The number of nitrogens with one attached hydrogen (secondary N) is 2. The minimum absolute atomic E-state index is 0.0767. The second-order valence-electron chi connectivity index (χ2n) is 7.39. The minimum Gasteiger partial charge on any atom is -0.439 e. The number of fused-ring (bicyclic) bond motifs is 1. The van der Waals surface area contributed by atoms with Gasteiger partial charge in [0.2, 0.25) is 17.7 Å². The Morgan fingerprint density at radius 3 is 2.57 bits per heavy atom. The van der Waals surface area contributed by atoms with Crippen molar-refractivity contribution in [3.8, 4) is 11.6 Å². The average Bonchev–Trinajstić information content (AvgIpc) is 3.18. The van der Waals surface area contributed by atoms with Crippen LogP contribution >= 0.6 is 0 Å². The normalized spacial score (nSPS) is 14.6. The number of carbonyl (C=O) groups excluding carboxylic acids is 2. The summed E-state index contributed by atoms with van der Waals surface area (Å²) in [4.78, 5) is 26.9. The molecular formula is C24H23N3O3. The van der Waals surface area contributed by atoms with Crippen molar-refractivity contribution in [3.05, 3.63) is 83.6 Å². The van der Waals surface area contributed by atoms with Gasteiger partial charge in [0, 0.05) is 13.0 Å². The maximum absolute atomic E-state index is 11.7. The first-order valence-corrected chi connectivity index (χ1v) is 9.92. The van der Waals surface area contributed by atoms with E-state index < -0.39 is 0 Å². The molecule has 1 unspecified atom stereocenters. The van der Waals surface area contributed by atoms with E-state index in [-0.39, 0.29) is 18.4 Å². The Kier molecular flexibility index (Phi) is 5.75. The quantitative estimate of drug-likeness (QED) is 0.658. The van der Waals surface area contributed by atoms with E-state index in [1.165, 1.54) is 29.8 Å². The highest BCUT2D eigenvalue weighted by Crippen LogP contribution is 2.36. The van der Waals surface area contributed by atoms with Crippen LogP contribution in [0.2, 0.25) is 0 Å². The van der Waals surface area contributed by atoms with E-state index in [9.17, 15) is 9.59 Å². The fourth-order valence-electron chi connectivity index (χ4n) is 3.66. The van der Waals surface area contributed by atoms with Gasteiger partial charge < -0.3 is 15.4 Å². The number of anilines is 1. The maximum atomic E-state index is 11.7. The molecule has 0 saturated heterocycles. The van der Waals surface area contributed by atoms with E-state index >= 15 is 0 Å². The molecule has 30 heavy (non-hydrogen) atoms. The highest BCUT2D eigenvalue weighted by atomic mass is 16.5. The van der Waals surface area contributed by atoms with E-state index in [0.29, 0.717) is 17.5 Å². The molecule has 1 aliphatic carbocycles. The largest absolute Gasteiger partial charge is 0.439 e. The molecule has 6 heteroatoms. The number of pyridine rings is 1. The van der Waals surface area contributed by atoms with Gasteiger partial charge in [-0.3, -0.25) is 9.59 Å². The summed E-state index contributed by atoms with van der Waals surface area (Å²) in [6.45, 7) is 1.29. The molecule has 1 aromatic heterocycles. The van der Waals surface area contributed by atoms with Crippen LogP contribution in [0.3, 0.4) is 0 Å². The molecule has 0 bridgehead atoms. The summed E-state index contributed by atoms with van der Waals surface area (Å²) < 4.78 is 5.90. The van der Waals surface area contributed by atoms with Crippen LogP contribution in [0.4, 0.5) is 5.69 Å². The minimum atomic E-state index is -0.313. The van der Waals surface area contributed by atoms with Crippen LogP contribution in [0, 0.1) is 0 Å². The van der Waals surface area contributed by atoms with Gasteiger partial charge in [-0.15, -0.1) is 0 Å². The molecule has 0 saturated carbocycles. The second-order valence-corrected chi connectivity index (χ2v) is 7.39. The van der Waals surface area contributed by atoms with Crippen molar-refractivity contribution >= 4 is 17.5 Å². The summed E-state index contributed by atoms with van der Waals surface area (Å²) in [5.74, 6) is 1.14. The number of benzene rings is 2. The number of aromatic nitrogens is 1. The highest BCUT2D eigenvalue weighted by Gasteiger charge is 2.23. The molecule has 6 nitrogen and oxygen atoms in total. The molecule has 1 heterocycles. The van der Waals surface area contributed by atoms with E-state index in [2.05, 4.69) is 52.0 Å². The topological polar surface area (TPSA) is 80.3 Å². The lowest BCUT2D eigenvalue weighted by molar-refractivity contribution is -0.122. The Bertz CT molecular complexity index is 1050. The Morgan fingerprint density at radius 1 is 1.03 bits per heavy atom. The van der Waals surface area contributed by atoms with Crippen molar-refractivity contribution in [2.45, 2.75) is 25.7 Å². The molecule has 0 radical (unpaired) electrons. The molecule has 2 amide bonds. The lowest BCUT2D eigenvalue weighted by atomic mass is 9.96. The van der Waals surface area contributed by atoms with Crippen LogP contribution in [-0.2, 0) is 22.4 Å². The number of hydrogen-bond donors (Lipinski definition) is 2. The molecule has 4 rings (SSSR count). The first-order valence-electron chi connectivity index (χ1n) is 9.92. The number of amides is 2. The zero-order valence-electron chi connectivity index (χ0n) is 16.7. The van der Waals surface area contributed by atoms with Gasteiger partial charge in [0.05, 0.1) is 18.4 Å². The van der Waals surface area contributed by atoms with Crippen molar-refractivity contribution in [2.75, 3.05) is 11.9 Å². The van der Waals surface area contributed by atoms with Gasteiger partial charge in [0.1, 0.15) is 5.75 Å². The van der Waals surface area contributed by atoms with Crippen LogP contribution in [0.5, 0.6) is 11.6 Å². The molecule has 0 aliphatic heterocycles. The SMILES string of the molecule is CC(=O)NCC(=O)Nc1ccc(Oc2ccc3c(c2)CC(c2ccccc2)C3)nc1. The van der Waals surface area contributed by atoms with Crippen LogP contribution in [0.15, 0.2) is 66.9 Å². The summed E-state index contributed by atoms with van der Waals surface area (Å²) in [7, 11) is 0. The Labute approximate surface area is 175 Å². The number of carbonyl (C=O) groups is 2. The molecule has 0 spiro atoms. The summed E-state index contributed by atoms with van der Waals surface area (Å²) in [5, 5.41) is 5.12. The average molecular weight is 401 g/mol. The molecular weight excluding hydrogens is 378 g/mol. The van der Waals surface area contributed by atoms with Gasteiger partial charge in [-0.1, -0.05) is 36.4 Å². The zero-order chi connectivity index (χ0) is 20.9. The molecule has 2 aromatic carbocycles. The van der Waals surface area contributed by atoms with Gasteiger partial charge >= 0.3 is 0 Å². The van der Waals surface area contributed by atoms with Gasteiger partial charge in [-0.05, 0) is 53.6 Å². The van der Waals surface area contributed by atoms with Crippen molar-refractivity contribution in [1.29, 1.82) is 0 Å². The fourth-order valence-corrected chi connectivity index (χ4v) is 3.66. The molecule has 3 aromatic rings. The molecule has 1 atom stereocenters. The lowest BCUT2D eigenvalue weighted by Gasteiger charge is -2.09. The molecule has 1 aliphatic rings. The fraction of sp³-hybridized carbons (Fsp3) is 0.208. The van der Waals surface area contributed by atoms with E-state index in [0.717, 1.165) is 18.6 Å². The first kappa shape index (κ1) is 19.6. The number of nitrogens with zero attached hydrogens (tertiary/aromatic N) is 1. The third-order valence-corrected chi connectivity index (χ3v) is 5.12. The van der Waals surface area contributed by atoms with Crippen molar-refractivity contribution in [3.63, 3.8) is 0 Å². The van der Waals surface area contributed by atoms with Crippen molar-refractivity contribution in [1.82, 2.24) is 10.3 Å². The van der Waals surface area contributed by atoms with Gasteiger partial charge in [0.15, 0.2) is 0 Å². The number of hydrogen-bond acceptors (Lipinski definition) is 4. The van der Waals surface area contributed by atoms with Crippen LogP contribution in [0.1, 0.15) is 29.5 Å². The van der Waals surface area contributed by atoms with Crippen molar-refractivity contribution < 1.29 is 14.3 Å². The molecule has 152 valence electrons. The third kappa shape index (κ3) is 4.84. The monoisotopic (exact) mass is 401 g/mol. The summed E-state index contributed by atoms with van der Waals surface area (Å²) in [6, 6.07) is 20.2. The number of ether oxygens (including phenoxy) is 1. The van der Waals surface area contributed by atoms with E-state index in [1.54, 1.807) is 12.1 Å². The van der Waals surface area contributed by atoms with Crippen LogP contribution in [0.25, 0.3) is 0 Å². The predicted molar refractivity (Wildman–Crippen MR) is 115 cm³/mol. The maximum Gasteiger partial charge on any atom is 0.243 e. The third-order valence-electron chi connectivity index (χ3n) is 5.12. The summed E-state index contributed by atoms with van der Waals surface area (Å²) >= 11 is 0. The lowest BCUT2D eigenvalue weighted by Crippen LogP contribution is -2.31. The van der Waals surface area contributed by atoms with E-state index in [1.807, 2.05) is 12.1 Å². The summed E-state index contributed by atoms with van der Waals surface area (Å²) in [5.41, 5.74) is 4.58. The first-order chi connectivity index (χ1) is 14.6. The Hall–Kier alpha value is -3.67. The Balaban J connectivity index is 1.37. The smallest absolute Gasteiger partial charge is 0.243 e. The van der Waals surface area contributed by atoms with Crippen LogP contribution in [-0.4, -0.2) is 23.3 Å². The van der Waals surface area contributed by atoms with Gasteiger partial charge in [0.25, 0.3) is 0 Å². The second kappa shape index (κ2) is 8.78. The predicted octanol–water partition coefficient (Wildman–Crippen LogP) is 3.83. The molecule has 2 N–H and O–H groups in total. The van der Waals surface area contributed by atoms with Gasteiger partial charge in [-0.2, -0.15) is 0 Å². The standard InChI is InChI=1S/C24H23N3O3/c1-16(28)25-15-23(29)27-21-8-10-24(26-14-21)30-22-9-7-18-11-19(12-20(18)13-22)17-5-3-2-4-6-17/h2-10,13-14,19H,11-12,15H2,1H3,(H,25,28)(H,27,29). The highest BCUT2D eigenvalue weighted by molar-refractivity contribution is 5.94. The summed E-state index contributed by atoms with van der Waals surface area (Å²) in [6.07, 6.45) is 3.58.